The van der Waals surface area contributed by atoms with Crippen molar-refractivity contribution in [2.75, 3.05) is 10.8 Å². The van der Waals surface area contributed by atoms with Gasteiger partial charge in [-0.15, -0.1) is 0 Å². The van der Waals surface area contributed by atoms with Gasteiger partial charge in [0, 0.05) is 12.6 Å². The molecule has 0 unspecified atom stereocenters. The van der Waals surface area contributed by atoms with E-state index in [0.29, 0.717) is 22.4 Å². The van der Waals surface area contributed by atoms with Gasteiger partial charge >= 0.3 is 6.18 Å². The highest BCUT2D eigenvalue weighted by Crippen LogP contribution is 2.38. The van der Waals surface area contributed by atoms with E-state index in [2.05, 4.69) is 5.32 Å². The smallest absolute Gasteiger partial charge is 0.352 e. The Morgan fingerprint density at radius 3 is 2.14 bits per heavy atom. The van der Waals surface area contributed by atoms with E-state index < -0.39 is 62.7 Å². The second-order valence-electron chi connectivity index (χ2n) is 10.1. The first-order valence-corrected chi connectivity index (χ1v) is 15.2. The molecule has 2 atom stereocenters. The fourth-order valence-corrected chi connectivity index (χ4v) is 5.72. The van der Waals surface area contributed by atoms with Gasteiger partial charge in [0.1, 0.15) is 18.4 Å². The van der Waals surface area contributed by atoms with Crippen LogP contribution in [0.15, 0.2) is 71.6 Å². The number of carbonyl (C=O) groups is 2. The van der Waals surface area contributed by atoms with Crippen molar-refractivity contribution in [2.45, 2.75) is 63.8 Å². The van der Waals surface area contributed by atoms with Gasteiger partial charge in [-0.25, -0.2) is 12.8 Å². The summed E-state index contributed by atoms with van der Waals surface area (Å²) in [5.74, 6) is -1.93. The van der Waals surface area contributed by atoms with Gasteiger partial charge in [-0.3, -0.25) is 13.9 Å². The summed E-state index contributed by atoms with van der Waals surface area (Å²) in [4.78, 5) is 27.8. The molecule has 7 nitrogen and oxygen atoms in total. The van der Waals surface area contributed by atoms with E-state index in [0.717, 1.165) is 22.6 Å². The van der Waals surface area contributed by atoms with Crippen molar-refractivity contribution in [1.29, 1.82) is 0 Å². The van der Waals surface area contributed by atoms with Gasteiger partial charge in [0.2, 0.25) is 11.8 Å². The molecule has 0 radical (unpaired) electrons. The first kappa shape index (κ1) is 33.9. The second kappa shape index (κ2) is 13.8. The lowest BCUT2D eigenvalue weighted by atomic mass is 10.1. The van der Waals surface area contributed by atoms with Gasteiger partial charge in [0.25, 0.3) is 10.0 Å². The monoisotopic (exact) mass is 641 g/mol. The van der Waals surface area contributed by atoms with E-state index in [-0.39, 0.29) is 17.5 Å². The Kier molecular flexibility index (Phi) is 10.8. The molecule has 1 N–H and O–H groups in total. The summed E-state index contributed by atoms with van der Waals surface area (Å²) in [7, 11) is -4.60. The van der Waals surface area contributed by atoms with Crippen molar-refractivity contribution < 1.29 is 35.6 Å². The van der Waals surface area contributed by atoms with Crippen molar-refractivity contribution in [3.05, 3.63) is 94.3 Å². The minimum atomic E-state index is -4.91. The number of amides is 2. The molecule has 13 heteroatoms. The summed E-state index contributed by atoms with van der Waals surface area (Å²) in [6, 6.07) is 11.9. The standard InChI is InChI=1S/C30H32ClF4N3O4S/c1-5-20(3)36-29(40)21(4)37(17-22-8-10-23(32)11-9-22)28(39)18-38(43(41,42)25-13-6-19(2)7-14-25)24-12-15-27(31)26(16-24)30(33,34)35/h6-16,20-21H,5,17-18H2,1-4H3,(H,36,40)/t20-,21-/m0/s1. The summed E-state index contributed by atoms with van der Waals surface area (Å²) in [5.41, 5.74) is -0.562. The number of hydrogen-bond acceptors (Lipinski definition) is 4. The summed E-state index contributed by atoms with van der Waals surface area (Å²) < 4.78 is 83.1. The van der Waals surface area contributed by atoms with E-state index in [1.807, 2.05) is 6.92 Å². The molecule has 0 aliphatic heterocycles. The van der Waals surface area contributed by atoms with Crippen LogP contribution in [0.2, 0.25) is 5.02 Å². The predicted octanol–water partition coefficient (Wildman–Crippen LogP) is 6.33. The number of rotatable bonds is 11. The Balaban J connectivity index is 2.11. The minimum absolute atomic E-state index is 0.207. The molecule has 0 saturated carbocycles. The van der Waals surface area contributed by atoms with E-state index in [1.54, 1.807) is 13.8 Å². The van der Waals surface area contributed by atoms with Gasteiger partial charge in [0.05, 0.1) is 21.2 Å². The minimum Gasteiger partial charge on any atom is -0.352 e. The number of anilines is 1. The van der Waals surface area contributed by atoms with E-state index >= 15 is 0 Å². The van der Waals surface area contributed by atoms with Gasteiger partial charge in [-0.2, -0.15) is 13.2 Å². The van der Waals surface area contributed by atoms with Crippen LogP contribution in [0, 0.1) is 12.7 Å². The van der Waals surface area contributed by atoms with Crippen molar-refractivity contribution in [3.63, 3.8) is 0 Å². The predicted molar refractivity (Wildman–Crippen MR) is 156 cm³/mol. The lowest BCUT2D eigenvalue weighted by molar-refractivity contribution is -0.139. The Hall–Kier alpha value is -3.64. The molecule has 0 bridgehead atoms. The number of benzene rings is 3. The van der Waals surface area contributed by atoms with Crippen LogP contribution in [0.5, 0.6) is 0 Å². The zero-order valence-corrected chi connectivity index (χ0v) is 25.5. The maximum Gasteiger partial charge on any atom is 0.417 e. The largest absolute Gasteiger partial charge is 0.417 e. The lowest BCUT2D eigenvalue weighted by Crippen LogP contribution is -2.52. The number of sulfonamides is 1. The van der Waals surface area contributed by atoms with Crippen LogP contribution in [0.1, 0.15) is 43.9 Å². The van der Waals surface area contributed by atoms with Crippen LogP contribution >= 0.6 is 11.6 Å². The fraction of sp³-hybridized carbons (Fsp3) is 0.333. The number of hydrogen-bond donors (Lipinski definition) is 1. The van der Waals surface area contributed by atoms with E-state index in [4.69, 9.17) is 11.6 Å². The SMILES string of the molecule is CC[C@H](C)NC(=O)[C@H](C)N(Cc1ccc(F)cc1)C(=O)CN(c1ccc(Cl)c(C(F)(F)F)c1)S(=O)(=O)c1ccc(C)cc1. The number of alkyl halides is 3. The third kappa shape index (κ3) is 8.47. The first-order valence-electron chi connectivity index (χ1n) is 13.3. The molecule has 0 saturated heterocycles. The molecular formula is C30H32ClF4N3O4S. The molecule has 3 aromatic carbocycles. The van der Waals surface area contributed by atoms with Crippen LogP contribution in [0.3, 0.4) is 0 Å². The Morgan fingerprint density at radius 2 is 1.58 bits per heavy atom. The molecule has 3 aromatic rings. The normalized spacial score (nSPS) is 13.2. The van der Waals surface area contributed by atoms with Crippen LogP contribution in [-0.4, -0.2) is 43.8 Å². The summed E-state index contributed by atoms with van der Waals surface area (Å²) >= 11 is 5.79. The second-order valence-corrected chi connectivity index (χ2v) is 12.4. The highest BCUT2D eigenvalue weighted by Gasteiger charge is 2.37. The number of carbonyl (C=O) groups excluding carboxylic acids is 2. The maximum absolute atomic E-state index is 13.9. The van der Waals surface area contributed by atoms with Crippen molar-refractivity contribution in [2.24, 2.45) is 0 Å². The summed E-state index contributed by atoms with van der Waals surface area (Å²) in [6.07, 6.45) is -4.31. The first-order chi connectivity index (χ1) is 20.0. The van der Waals surface area contributed by atoms with Crippen molar-refractivity contribution >= 4 is 39.1 Å². The quantitative estimate of drug-likeness (QED) is 0.248. The average molecular weight is 642 g/mol. The third-order valence-corrected chi connectivity index (χ3v) is 8.98. The molecule has 0 spiro atoms. The third-order valence-electron chi connectivity index (χ3n) is 6.87. The van der Waals surface area contributed by atoms with Crippen LogP contribution < -0.4 is 9.62 Å². The summed E-state index contributed by atoms with van der Waals surface area (Å²) in [6.45, 7) is 5.64. The Morgan fingerprint density at radius 1 is 0.977 bits per heavy atom. The molecule has 3 rings (SSSR count). The average Bonchev–Trinajstić information content (AvgIpc) is 2.95. The van der Waals surface area contributed by atoms with Crippen LogP contribution in [0.25, 0.3) is 0 Å². The molecule has 0 fully saturated rings. The summed E-state index contributed by atoms with van der Waals surface area (Å²) in [5, 5.41) is 2.12. The molecule has 232 valence electrons. The highest BCUT2D eigenvalue weighted by molar-refractivity contribution is 7.92. The molecule has 0 aromatic heterocycles. The topological polar surface area (TPSA) is 86.8 Å². The van der Waals surface area contributed by atoms with Gasteiger partial charge in [0.15, 0.2) is 0 Å². The molecule has 43 heavy (non-hydrogen) atoms. The Bertz CT molecular complexity index is 1550. The highest BCUT2D eigenvalue weighted by atomic mass is 35.5. The van der Waals surface area contributed by atoms with E-state index in [9.17, 15) is 35.6 Å². The van der Waals surface area contributed by atoms with Gasteiger partial charge < -0.3 is 10.2 Å². The fourth-order valence-electron chi connectivity index (χ4n) is 4.09. The van der Waals surface area contributed by atoms with Gasteiger partial charge in [-0.1, -0.05) is 48.4 Å². The molecule has 2 amide bonds. The number of aryl methyl sites for hydroxylation is 1. The maximum atomic E-state index is 13.9. The molecule has 0 aliphatic rings. The zero-order valence-electron chi connectivity index (χ0n) is 24.0. The lowest BCUT2D eigenvalue weighted by Gasteiger charge is -2.32. The number of halogens is 5. The Labute approximate surface area is 253 Å². The van der Waals surface area contributed by atoms with Crippen molar-refractivity contribution in [3.8, 4) is 0 Å². The zero-order chi connectivity index (χ0) is 32.1. The molecule has 0 heterocycles. The molecule has 0 aliphatic carbocycles. The van der Waals surface area contributed by atoms with Crippen LogP contribution in [-0.2, 0) is 32.3 Å². The number of nitrogens with one attached hydrogen (secondary N) is 1. The van der Waals surface area contributed by atoms with E-state index in [1.165, 1.54) is 55.5 Å². The van der Waals surface area contributed by atoms with Gasteiger partial charge in [-0.05, 0) is 75.2 Å². The number of nitrogens with zero attached hydrogens (tertiary/aromatic N) is 2. The molecular weight excluding hydrogens is 610 g/mol. The van der Waals surface area contributed by atoms with Crippen molar-refractivity contribution in [1.82, 2.24) is 10.2 Å². The van der Waals surface area contributed by atoms with Crippen LogP contribution in [0.4, 0.5) is 23.2 Å².